The molecule has 0 amide bonds. The lowest BCUT2D eigenvalue weighted by molar-refractivity contribution is -0.139. The van der Waals surface area contributed by atoms with Gasteiger partial charge in [-0.25, -0.2) is 4.79 Å². The van der Waals surface area contributed by atoms with Crippen LogP contribution in [0.4, 0.5) is 0 Å². The van der Waals surface area contributed by atoms with E-state index in [1.165, 1.54) is 0 Å². The van der Waals surface area contributed by atoms with Crippen LogP contribution in [0.25, 0.3) is 0 Å². The fourth-order valence-electron chi connectivity index (χ4n) is 1.06. The average Bonchev–Trinajstić information content (AvgIpc) is 2.27. The molecule has 0 saturated heterocycles. The van der Waals surface area contributed by atoms with Crippen LogP contribution in [0, 0.1) is 0 Å². The molecule has 0 aliphatic heterocycles. The Hall–Kier alpha value is -0.653. The molecule has 0 bridgehead atoms. The van der Waals surface area contributed by atoms with Gasteiger partial charge in [0, 0.05) is 19.8 Å². The van der Waals surface area contributed by atoms with Gasteiger partial charge >= 0.3 is 5.97 Å². The molecular formula is C15H38O4Si. The zero-order chi connectivity index (χ0) is 12.4. The third kappa shape index (κ3) is 19.7. The van der Waals surface area contributed by atoms with Gasteiger partial charge in [0.15, 0.2) is 8.32 Å². The number of hydrogen-bond acceptors (Lipinski definition) is 4. The Morgan fingerprint density at radius 2 is 1.65 bits per heavy atom. The highest BCUT2D eigenvalue weighted by Gasteiger charge is 2.19. The summed E-state index contributed by atoms with van der Waals surface area (Å²) in [6.07, 6.45) is 2.13. The summed E-state index contributed by atoms with van der Waals surface area (Å²) < 4.78 is 15.5. The molecule has 4 nitrogen and oxygen atoms in total. The van der Waals surface area contributed by atoms with Gasteiger partial charge in [0.25, 0.3) is 0 Å². The second-order valence-corrected chi connectivity index (χ2v) is 8.48. The maximum atomic E-state index is 10.7. The van der Waals surface area contributed by atoms with Crippen molar-refractivity contribution < 1.29 is 18.7 Å². The molecule has 0 N–H and O–H groups in total. The Balaban J connectivity index is -0.000000187. The van der Waals surface area contributed by atoms with Crippen molar-refractivity contribution >= 4 is 14.3 Å². The van der Waals surface area contributed by atoms with Crippen molar-refractivity contribution in [1.29, 1.82) is 0 Å². The quantitative estimate of drug-likeness (QED) is 0.272. The van der Waals surface area contributed by atoms with Gasteiger partial charge in [-0.2, -0.15) is 0 Å². The Morgan fingerprint density at radius 3 is 2.10 bits per heavy atom. The van der Waals surface area contributed by atoms with E-state index < -0.39 is 14.3 Å². The van der Waals surface area contributed by atoms with E-state index in [-0.39, 0.29) is 36.3 Å². The standard InChI is InChI=1S/C11H22O4Si.4CH4/c1-5-11(12)15-9-8-14-7-6-10-16(3,4)13-2;;;;/h5H,1,6-10H2,2-4H3;4*1H4. The first-order chi connectivity index (χ1) is 7.52. The molecule has 0 aromatic carbocycles. The smallest absolute Gasteiger partial charge is 0.330 e. The normalized spacial score (nSPS) is 8.95. The SMILES string of the molecule is C.C.C.C.C=CC(=O)OCCOCCC[Si](C)(C)OC. The Labute approximate surface area is 128 Å². The van der Waals surface area contributed by atoms with Crippen molar-refractivity contribution in [1.82, 2.24) is 0 Å². The molecule has 0 spiro atoms. The van der Waals surface area contributed by atoms with E-state index in [1.54, 1.807) is 7.11 Å². The molecule has 0 aromatic heterocycles. The van der Waals surface area contributed by atoms with E-state index in [1.807, 2.05) is 0 Å². The minimum atomic E-state index is -1.45. The van der Waals surface area contributed by atoms with E-state index in [9.17, 15) is 4.79 Å². The second kappa shape index (κ2) is 18.3. The topological polar surface area (TPSA) is 44.8 Å². The predicted octanol–water partition coefficient (Wildman–Crippen LogP) is 4.52. The first-order valence-electron chi connectivity index (χ1n) is 5.44. The molecule has 0 aliphatic rings. The van der Waals surface area contributed by atoms with Crippen molar-refractivity contribution in [3.05, 3.63) is 12.7 Å². The number of carbonyl (C=O) groups is 1. The zero-order valence-corrected chi connectivity index (χ0v) is 11.5. The van der Waals surface area contributed by atoms with E-state index in [2.05, 4.69) is 19.7 Å². The van der Waals surface area contributed by atoms with Crippen LogP contribution in [0.1, 0.15) is 36.1 Å². The third-order valence-electron chi connectivity index (χ3n) is 2.26. The van der Waals surface area contributed by atoms with Crippen LogP contribution >= 0.6 is 0 Å². The number of carbonyl (C=O) groups excluding carboxylic acids is 1. The van der Waals surface area contributed by atoms with Crippen LogP contribution in [-0.4, -0.2) is 41.2 Å². The van der Waals surface area contributed by atoms with Crippen LogP contribution < -0.4 is 0 Å². The lowest BCUT2D eigenvalue weighted by Gasteiger charge is -2.19. The zero-order valence-electron chi connectivity index (χ0n) is 10.5. The van der Waals surface area contributed by atoms with Gasteiger partial charge in [0.05, 0.1) is 6.61 Å². The van der Waals surface area contributed by atoms with E-state index in [0.717, 1.165) is 18.5 Å². The number of ether oxygens (including phenoxy) is 2. The Morgan fingerprint density at radius 1 is 1.10 bits per heavy atom. The van der Waals surface area contributed by atoms with Gasteiger partial charge in [-0.3, -0.25) is 0 Å². The fourth-order valence-corrected chi connectivity index (χ4v) is 2.26. The number of rotatable bonds is 9. The summed E-state index contributed by atoms with van der Waals surface area (Å²) >= 11 is 0. The molecule has 0 unspecified atom stereocenters. The molecule has 20 heavy (non-hydrogen) atoms. The monoisotopic (exact) mass is 310 g/mol. The summed E-state index contributed by atoms with van der Waals surface area (Å²) in [4.78, 5) is 10.7. The summed E-state index contributed by atoms with van der Waals surface area (Å²) in [5.41, 5.74) is 0. The highest BCUT2D eigenvalue weighted by atomic mass is 28.4. The van der Waals surface area contributed by atoms with Crippen molar-refractivity contribution in [2.75, 3.05) is 26.9 Å². The highest BCUT2D eigenvalue weighted by Crippen LogP contribution is 2.11. The maximum Gasteiger partial charge on any atom is 0.330 e. The van der Waals surface area contributed by atoms with Gasteiger partial charge in [0.1, 0.15) is 6.61 Å². The van der Waals surface area contributed by atoms with Crippen molar-refractivity contribution in [3.63, 3.8) is 0 Å². The summed E-state index contributed by atoms with van der Waals surface area (Å²) in [6.45, 7) is 9.07. The Bertz CT molecular complexity index is 218. The van der Waals surface area contributed by atoms with Crippen LogP contribution in [0.5, 0.6) is 0 Å². The molecule has 0 fully saturated rings. The maximum absolute atomic E-state index is 10.7. The minimum Gasteiger partial charge on any atom is -0.460 e. The van der Waals surface area contributed by atoms with Crippen molar-refractivity contribution in [3.8, 4) is 0 Å². The minimum absolute atomic E-state index is 0. The summed E-state index contributed by atoms with van der Waals surface area (Å²) in [7, 11) is 0.318. The lowest BCUT2D eigenvalue weighted by atomic mass is 10.5. The fraction of sp³-hybridized carbons (Fsp3) is 0.800. The molecule has 0 atom stereocenters. The summed E-state index contributed by atoms with van der Waals surface area (Å²) in [6, 6.07) is 1.08. The molecule has 126 valence electrons. The number of hydrogen-bond donors (Lipinski definition) is 0. The van der Waals surface area contributed by atoms with Crippen LogP contribution in [0.15, 0.2) is 12.7 Å². The highest BCUT2D eigenvalue weighted by molar-refractivity contribution is 6.71. The first-order valence-corrected chi connectivity index (χ1v) is 8.55. The lowest BCUT2D eigenvalue weighted by Crippen LogP contribution is -2.28. The molecule has 0 heterocycles. The number of esters is 1. The molecule has 0 saturated carbocycles. The van der Waals surface area contributed by atoms with Gasteiger partial charge in [-0.1, -0.05) is 36.3 Å². The molecule has 0 aliphatic carbocycles. The van der Waals surface area contributed by atoms with E-state index in [0.29, 0.717) is 13.2 Å². The predicted molar refractivity (Wildman–Crippen MR) is 92.8 cm³/mol. The van der Waals surface area contributed by atoms with Crippen LogP contribution in [0.3, 0.4) is 0 Å². The van der Waals surface area contributed by atoms with E-state index >= 15 is 0 Å². The van der Waals surface area contributed by atoms with Crippen LogP contribution in [-0.2, 0) is 18.7 Å². The molecule has 0 radical (unpaired) electrons. The van der Waals surface area contributed by atoms with E-state index in [4.69, 9.17) is 13.9 Å². The molecular weight excluding hydrogens is 272 g/mol. The molecule has 0 rings (SSSR count). The third-order valence-corrected chi connectivity index (χ3v) is 4.92. The van der Waals surface area contributed by atoms with Crippen LogP contribution in [0.2, 0.25) is 19.1 Å². The second-order valence-electron chi connectivity index (χ2n) is 4.05. The van der Waals surface area contributed by atoms with Gasteiger partial charge in [-0.15, -0.1) is 0 Å². The molecule has 0 aromatic rings. The van der Waals surface area contributed by atoms with Gasteiger partial charge in [0.2, 0.25) is 0 Å². The van der Waals surface area contributed by atoms with Crippen molar-refractivity contribution in [2.24, 2.45) is 0 Å². The largest absolute Gasteiger partial charge is 0.460 e. The van der Waals surface area contributed by atoms with Gasteiger partial charge < -0.3 is 13.9 Å². The van der Waals surface area contributed by atoms with Gasteiger partial charge in [-0.05, 0) is 25.6 Å². The average molecular weight is 311 g/mol. The summed E-state index contributed by atoms with van der Waals surface area (Å²) in [5.74, 6) is -0.406. The van der Waals surface area contributed by atoms with Crippen molar-refractivity contribution in [2.45, 2.75) is 55.3 Å². The summed E-state index contributed by atoms with van der Waals surface area (Å²) in [5, 5.41) is 0. The molecule has 5 heteroatoms. The first kappa shape index (κ1) is 31.6. The Kier molecular flexibility index (Phi) is 29.0.